The molecule has 2 rings (SSSR count). The Morgan fingerprint density at radius 1 is 1.48 bits per heavy atom. The Balaban J connectivity index is 2.25. The van der Waals surface area contributed by atoms with Gasteiger partial charge in [0, 0.05) is 60.4 Å². The maximum absolute atomic E-state index is 11.7. The van der Waals surface area contributed by atoms with Gasteiger partial charge in [-0.3, -0.25) is 9.69 Å². The summed E-state index contributed by atoms with van der Waals surface area (Å²) < 4.78 is 0. The molecule has 0 unspecified atom stereocenters. The van der Waals surface area contributed by atoms with Gasteiger partial charge in [0.25, 0.3) is 0 Å². The number of nitrogens with one attached hydrogen (secondary N) is 2. The van der Waals surface area contributed by atoms with Gasteiger partial charge in [-0.15, -0.1) is 0 Å². The van der Waals surface area contributed by atoms with Gasteiger partial charge < -0.3 is 21.4 Å². The zero-order chi connectivity index (χ0) is 17.2. The van der Waals surface area contributed by atoms with Crippen LogP contribution in [0.25, 0.3) is 0 Å². The molecule has 23 heavy (non-hydrogen) atoms. The van der Waals surface area contributed by atoms with E-state index in [0.29, 0.717) is 22.8 Å². The number of amides is 1. The number of nitrogens with two attached hydrogens (primary N) is 1. The average Bonchev–Trinajstić information content (AvgIpc) is 2.48. The topological polar surface area (TPSA) is 85.5 Å². The normalized spacial score (nSPS) is 17.8. The van der Waals surface area contributed by atoms with Crippen molar-refractivity contribution in [1.29, 1.82) is 5.41 Å². The molecule has 0 radical (unpaired) electrons. The van der Waals surface area contributed by atoms with Crippen molar-refractivity contribution in [2.45, 2.75) is 19.4 Å². The minimum absolute atomic E-state index is 0.0127. The Labute approximate surface area is 142 Å². The predicted octanol–water partition coefficient (Wildman–Crippen LogP) is 1.57. The first kappa shape index (κ1) is 17.6. The molecule has 1 heterocycles. The first-order valence-corrected chi connectivity index (χ1v) is 7.96. The number of carbonyl (C=O) groups is 1. The van der Waals surface area contributed by atoms with Crippen LogP contribution in [0, 0.1) is 5.41 Å². The van der Waals surface area contributed by atoms with E-state index in [1.165, 1.54) is 6.21 Å². The average molecular weight is 338 g/mol. The number of halogens is 1. The highest BCUT2D eigenvalue weighted by molar-refractivity contribution is 6.31. The number of piperazine rings is 1. The van der Waals surface area contributed by atoms with Gasteiger partial charge in [-0.25, -0.2) is 0 Å². The molecule has 0 aromatic heterocycles. The molecule has 1 aromatic rings. The van der Waals surface area contributed by atoms with Crippen molar-refractivity contribution in [3.8, 4) is 0 Å². The molecule has 1 saturated heterocycles. The highest BCUT2D eigenvalue weighted by atomic mass is 35.5. The molecule has 6 nitrogen and oxygen atoms in total. The SMILES string of the molecule is CNC(=O)CN1CCN(c2cc(Cl)cc(N)c2C=N)CC1(C)C. The van der Waals surface area contributed by atoms with Crippen molar-refractivity contribution >= 4 is 35.1 Å². The predicted molar refractivity (Wildman–Crippen MR) is 95.7 cm³/mol. The van der Waals surface area contributed by atoms with Gasteiger partial charge in [0.2, 0.25) is 5.91 Å². The zero-order valence-corrected chi connectivity index (χ0v) is 14.6. The van der Waals surface area contributed by atoms with Crippen molar-refractivity contribution in [1.82, 2.24) is 10.2 Å². The van der Waals surface area contributed by atoms with Crippen molar-refractivity contribution in [3.05, 3.63) is 22.7 Å². The zero-order valence-electron chi connectivity index (χ0n) is 13.8. The van der Waals surface area contributed by atoms with Gasteiger partial charge >= 0.3 is 0 Å². The quantitative estimate of drug-likeness (QED) is 0.575. The second-order valence-corrected chi connectivity index (χ2v) is 6.84. The van der Waals surface area contributed by atoms with Gasteiger partial charge in [-0.05, 0) is 26.0 Å². The third-order valence-electron chi connectivity index (χ3n) is 4.33. The number of rotatable bonds is 4. The lowest BCUT2D eigenvalue weighted by molar-refractivity contribution is -0.123. The maximum atomic E-state index is 11.7. The fraction of sp³-hybridized carbons (Fsp3) is 0.500. The van der Waals surface area contributed by atoms with E-state index >= 15 is 0 Å². The summed E-state index contributed by atoms with van der Waals surface area (Å²) in [7, 11) is 1.65. The fourth-order valence-corrected chi connectivity index (χ4v) is 3.21. The van der Waals surface area contributed by atoms with Gasteiger partial charge in [0.15, 0.2) is 0 Å². The summed E-state index contributed by atoms with van der Waals surface area (Å²) in [5.41, 5.74) is 7.88. The Kier molecular flexibility index (Phi) is 5.16. The van der Waals surface area contributed by atoms with Crippen LogP contribution in [0.15, 0.2) is 12.1 Å². The summed E-state index contributed by atoms with van der Waals surface area (Å²) in [6.45, 7) is 6.84. The van der Waals surface area contributed by atoms with Crippen molar-refractivity contribution < 1.29 is 4.79 Å². The summed E-state index contributed by atoms with van der Waals surface area (Å²) in [5.74, 6) is 0.0127. The van der Waals surface area contributed by atoms with Gasteiger partial charge in [0.05, 0.1) is 6.54 Å². The summed E-state index contributed by atoms with van der Waals surface area (Å²) in [4.78, 5) is 16.0. The minimum atomic E-state index is -0.179. The van der Waals surface area contributed by atoms with Crippen LogP contribution in [0.4, 0.5) is 11.4 Å². The number of anilines is 2. The summed E-state index contributed by atoms with van der Waals surface area (Å²) >= 11 is 6.14. The Bertz CT molecular complexity index is 617. The van der Waals surface area contributed by atoms with Crippen molar-refractivity contribution in [3.63, 3.8) is 0 Å². The van der Waals surface area contributed by atoms with Gasteiger partial charge in [-0.2, -0.15) is 0 Å². The molecule has 1 fully saturated rings. The largest absolute Gasteiger partial charge is 0.398 e. The van der Waals surface area contributed by atoms with Crippen LogP contribution in [-0.2, 0) is 4.79 Å². The van der Waals surface area contributed by atoms with Crippen LogP contribution < -0.4 is 16.0 Å². The second kappa shape index (κ2) is 6.76. The van der Waals surface area contributed by atoms with E-state index in [0.717, 1.165) is 25.3 Å². The summed E-state index contributed by atoms with van der Waals surface area (Å²) in [6.07, 6.45) is 1.27. The highest BCUT2D eigenvalue weighted by Gasteiger charge is 2.35. The van der Waals surface area contributed by atoms with E-state index in [1.807, 2.05) is 6.07 Å². The van der Waals surface area contributed by atoms with E-state index in [-0.39, 0.29) is 11.4 Å². The molecule has 1 aromatic carbocycles. The van der Waals surface area contributed by atoms with Crippen LogP contribution in [0.5, 0.6) is 0 Å². The molecular formula is C16H24ClN5O. The van der Waals surface area contributed by atoms with Crippen LogP contribution in [0.1, 0.15) is 19.4 Å². The first-order valence-electron chi connectivity index (χ1n) is 7.58. The molecule has 126 valence electrons. The summed E-state index contributed by atoms with van der Waals surface area (Å²) in [5, 5.41) is 10.9. The van der Waals surface area contributed by atoms with E-state index in [1.54, 1.807) is 13.1 Å². The lowest BCUT2D eigenvalue weighted by Gasteiger charge is -2.48. The fourth-order valence-electron chi connectivity index (χ4n) is 2.98. The molecule has 0 atom stereocenters. The number of benzene rings is 1. The molecule has 0 spiro atoms. The standard InChI is InChI=1S/C16H24ClN5O/c1-16(2)10-21(4-5-22(16)9-15(23)20-3)14-7-11(17)6-13(19)12(14)8-18/h6-8,18H,4-5,9-10,19H2,1-3H3,(H,20,23). The summed E-state index contributed by atoms with van der Waals surface area (Å²) in [6, 6.07) is 3.52. The van der Waals surface area contributed by atoms with Crippen molar-refractivity contribution in [2.75, 3.05) is 43.9 Å². The van der Waals surface area contributed by atoms with E-state index < -0.39 is 0 Å². The number of carbonyl (C=O) groups excluding carboxylic acids is 1. The molecule has 0 saturated carbocycles. The first-order chi connectivity index (χ1) is 10.8. The maximum Gasteiger partial charge on any atom is 0.233 e. The smallest absolute Gasteiger partial charge is 0.233 e. The van der Waals surface area contributed by atoms with Crippen LogP contribution in [0.3, 0.4) is 0 Å². The van der Waals surface area contributed by atoms with Crippen LogP contribution >= 0.6 is 11.6 Å². The number of hydrogen-bond donors (Lipinski definition) is 3. The lowest BCUT2D eigenvalue weighted by atomic mass is 9.97. The Hall–Kier alpha value is -1.79. The second-order valence-electron chi connectivity index (χ2n) is 6.40. The molecule has 1 aliphatic heterocycles. The number of hydrogen-bond acceptors (Lipinski definition) is 5. The Morgan fingerprint density at radius 3 is 2.74 bits per heavy atom. The number of likely N-dealkylation sites (N-methyl/N-ethyl adjacent to an activating group) is 1. The molecule has 0 aliphatic carbocycles. The third kappa shape index (κ3) is 3.76. The monoisotopic (exact) mass is 337 g/mol. The van der Waals surface area contributed by atoms with Gasteiger partial charge in [0.1, 0.15) is 0 Å². The van der Waals surface area contributed by atoms with E-state index in [4.69, 9.17) is 22.7 Å². The highest BCUT2D eigenvalue weighted by Crippen LogP contribution is 2.32. The molecule has 0 bridgehead atoms. The van der Waals surface area contributed by atoms with E-state index in [9.17, 15) is 4.79 Å². The molecule has 4 N–H and O–H groups in total. The molecule has 7 heteroatoms. The molecule has 1 amide bonds. The molecule has 1 aliphatic rings. The lowest BCUT2D eigenvalue weighted by Crippen LogP contribution is -2.61. The van der Waals surface area contributed by atoms with Crippen molar-refractivity contribution in [2.24, 2.45) is 0 Å². The minimum Gasteiger partial charge on any atom is -0.398 e. The van der Waals surface area contributed by atoms with Crippen LogP contribution in [-0.4, -0.2) is 55.8 Å². The molecular weight excluding hydrogens is 314 g/mol. The Morgan fingerprint density at radius 2 is 2.17 bits per heavy atom. The van der Waals surface area contributed by atoms with E-state index in [2.05, 4.69) is 29.0 Å². The van der Waals surface area contributed by atoms with Gasteiger partial charge in [-0.1, -0.05) is 11.6 Å². The number of nitrogens with zero attached hydrogens (tertiary/aromatic N) is 2. The number of nitrogen functional groups attached to an aromatic ring is 1. The van der Waals surface area contributed by atoms with Crippen LogP contribution in [0.2, 0.25) is 5.02 Å². The third-order valence-corrected chi connectivity index (χ3v) is 4.55.